The minimum atomic E-state index is -4.31. The van der Waals surface area contributed by atoms with Crippen LogP contribution in [0.3, 0.4) is 0 Å². The van der Waals surface area contributed by atoms with Crippen LogP contribution < -0.4 is 5.32 Å². The van der Waals surface area contributed by atoms with Crippen molar-refractivity contribution in [2.75, 3.05) is 0 Å². The number of hydrogen-bond donors (Lipinski definition) is 1. The number of hydrogen-bond acceptors (Lipinski definition) is 2. The fraction of sp³-hybridized carbons (Fsp3) is 0.357. The van der Waals surface area contributed by atoms with Gasteiger partial charge in [-0.15, -0.1) is 0 Å². The van der Waals surface area contributed by atoms with E-state index in [9.17, 15) is 13.2 Å². The number of aromatic nitrogens is 2. The first-order chi connectivity index (χ1) is 9.36. The Morgan fingerprint density at radius 1 is 1.30 bits per heavy atom. The maximum atomic E-state index is 12.7. The van der Waals surface area contributed by atoms with Gasteiger partial charge in [-0.05, 0) is 30.7 Å². The van der Waals surface area contributed by atoms with Crippen molar-refractivity contribution in [3.63, 3.8) is 0 Å². The summed E-state index contributed by atoms with van der Waals surface area (Å²) in [6.07, 6.45) is -2.48. The highest BCUT2D eigenvalue weighted by Crippen LogP contribution is 2.30. The van der Waals surface area contributed by atoms with E-state index in [-0.39, 0.29) is 6.04 Å². The monoisotopic (exact) mass is 283 g/mol. The molecule has 1 N–H and O–H groups in total. The van der Waals surface area contributed by atoms with Crippen molar-refractivity contribution in [2.24, 2.45) is 7.05 Å². The highest BCUT2D eigenvalue weighted by molar-refractivity contribution is 5.27. The number of nitrogens with zero attached hydrogens (tertiary/aromatic N) is 2. The van der Waals surface area contributed by atoms with Crippen LogP contribution in [0.2, 0.25) is 0 Å². The Hall–Kier alpha value is -1.82. The molecule has 108 valence electrons. The molecule has 1 aromatic carbocycles. The van der Waals surface area contributed by atoms with Crippen molar-refractivity contribution in [2.45, 2.75) is 25.7 Å². The van der Waals surface area contributed by atoms with Gasteiger partial charge < -0.3 is 5.32 Å². The van der Waals surface area contributed by atoms with Crippen LogP contribution in [0.5, 0.6) is 0 Å². The van der Waals surface area contributed by atoms with Crippen molar-refractivity contribution in [1.29, 1.82) is 0 Å². The molecule has 0 aliphatic carbocycles. The third kappa shape index (κ3) is 3.60. The van der Waals surface area contributed by atoms with Crippen molar-refractivity contribution >= 4 is 0 Å². The van der Waals surface area contributed by atoms with Gasteiger partial charge in [-0.2, -0.15) is 18.3 Å². The molecule has 1 unspecified atom stereocenters. The van der Waals surface area contributed by atoms with Crippen molar-refractivity contribution in [3.05, 3.63) is 53.3 Å². The molecular weight excluding hydrogens is 267 g/mol. The van der Waals surface area contributed by atoms with Crippen LogP contribution in [0.1, 0.15) is 29.8 Å². The molecule has 0 radical (unpaired) electrons. The highest BCUT2D eigenvalue weighted by Gasteiger charge is 2.30. The SMILES string of the molecule is CC(NCc1ccn(C)n1)c1cccc(C(F)(F)F)c1. The summed E-state index contributed by atoms with van der Waals surface area (Å²) in [6, 6.07) is 7.05. The van der Waals surface area contributed by atoms with Crippen LogP contribution in [-0.4, -0.2) is 9.78 Å². The van der Waals surface area contributed by atoms with E-state index in [0.29, 0.717) is 12.1 Å². The second kappa shape index (κ2) is 5.66. The molecule has 1 aromatic heterocycles. The molecule has 20 heavy (non-hydrogen) atoms. The van der Waals surface area contributed by atoms with E-state index in [4.69, 9.17) is 0 Å². The molecule has 1 heterocycles. The summed E-state index contributed by atoms with van der Waals surface area (Å²) >= 11 is 0. The first kappa shape index (κ1) is 14.6. The van der Waals surface area contributed by atoms with E-state index in [2.05, 4.69) is 10.4 Å². The van der Waals surface area contributed by atoms with Crippen LogP contribution >= 0.6 is 0 Å². The zero-order valence-corrected chi connectivity index (χ0v) is 11.3. The Morgan fingerprint density at radius 3 is 2.65 bits per heavy atom. The van der Waals surface area contributed by atoms with Gasteiger partial charge in [0.2, 0.25) is 0 Å². The van der Waals surface area contributed by atoms with Crippen LogP contribution in [0, 0.1) is 0 Å². The Kier molecular flexibility index (Phi) is 4.13. The summed E-state index contributed by atoms with van der Waals surface area (Å²) < 4.78 is 39.6. The predicted molar refractivity (Wildman–Crippen MR) is 69.9 cm³/mol. The van der Waals surface area contributed by atoms with E-state index in [0.717, 1.165) is 11.8 Å². The number of halogens is 3. The minimum Gasteiger partial charge on any atom is -0.304 e. The third-order valence-corrected chi connectivity index (χ3v) is 3.07. The molecule has 0 aliphatic heterocycles. The van der Waals surface area contributed by atoms with Gasteiger partial charge in [-0.25, -0.2) is 0 Å². The molecule has 2 aromatic rings. The number of rotatable bonds is 4. The maximum absolute atomic E-state index is 12.7. The van der Waals surface area contributed by atoms with E-state index < -0.39 is 11.7 Å². The van der Waals surface area contributed by atoms with Gasteiger partial charge >= 0.3 is 6.18 Å². The average Bonchev–Trinajstić information content (AvgIpc) is 2.81. The summed E-state index contributed by atoms with van der Waals surface area (Å²) in [5.41, 5.74) is 0.837. The highest BCUT2D eigenvalue weighted by atomic mass is 19.4. The number of benzene rings is 1. The van der Waals surface area contributed by atoms with Crippen LogP contribution in [-0.2, 0) is 19.8 Å². The first-order valence-corrected chi connectivity index (χ1v) is 6.25. The van der Waals surface area contributed by atoms with Gasteiger partial charge in [0.05, 0.1) is 11.3 Å². The zero-order valence-electron chi connectivity index (χ0n) is 11.3. The molecule has 6 heteroatoms. The van der Waals surface area contributed by atoms with Crippen LogP contribution in [0.25, 0.3) is 0 Å². The average molecular weight is 283 g/mol. The summed E-state index contributed by atoms with van der Waals surface area (Å²) in [5.74, 6) is 0. The second-order valence-electron chi connectivity index (χ2n) is 4.71. The first-order valence-electron chi connectivity index (χ1n) is 6.25. The molecule has 3 nitrogen and oxygen atoms in total. The Balaban J connectivity index is 2.03. The Morgan fingerprint density at radius 2 is 2.05 bits per heavy atom. The second-order valence-corrected chi connectivity index (χ2v) is 4.71. The fourth-order valence-corrected chi connectivity index (χ4v) is 1.92. The molecule has 0 amide bonds. The summed E-state index contributed by atoms with van der Waals surface area (Å²) in [7, 11) is 1.82. The lowest BCUT2D eigenvalue weighted by Crippen LogP contribution is -2.19. The van der Waals surface area contributed by atoms with Gasteiger partial charge in [0.1, 0.15) is 0 Å². The molecule has 1 atom stereocenters. The standard InChI is InChI=1S/C14H16F3N3/c1-10(18-9-13-6-7-20(2)19-13)11-4-3-5-12(8-11)14(15,16)17/h3-8,10,18H,9H2,1-2H3. The Bertz CT molecular complexity index is 575. The predicted octanol–water partition coefficient (Wildman–Crippen LogP) is 3.29. The molecule has 0 bridgehead atoms. The zero-order chi connectivity index (χ0) is 14.8. The fourth-order valence-electron chi connectivity index (χ4n) is 1.92. The normalized spacial score (nSPS) is 13.4. The van der Waals surface area contributed by atoms with Crippen molar-refractivity contribution in [3.8, 4) is 0 Å². The van der Waals surface area contributed by atoms with E-state index in [1.807, 2.05) is 26.2 Å². The molecule has 0 saturated carbocycles. The number of alkyl halides is 3. The van der Waals surface area contributed by atoms with Gasteiger partial charge in [0, 0.05) is 25.8 Å². The largest absolute Gasteiger partial charge is 0.416 e. The number of nitrogens with one attached hydrogen (secondary N) is 1. The summed E-state index contributed by atoms with van der Waals surface area (Å²) in [4.78, 5) is 0. The third-order valence-electron chi connectivity index (χ3n) is 3.07. The molecule has 0 spiro atoms. The minimum absolute atomic E-state index is 0.181. The van der Waals surface area contributed by atoms with Gasteiger partial charge in [-0.3, -0.25) is 4.68 Å². The summed E-state index contributed by atoms with van der Waals surface area (Å²) in [5, 5.41) is 7.37. The van der Waals surface area contributed by atoms with Crippen LogP contribution in [0.15, 0.2) is 36.5 Å². The van der Waals surface area contributed by atoms with E-state index >= 15 is 0 Å². The molecule has 0 aliphatic rings. The van der Waals surface area contributed by atoms with Gasteiger partial charge in [0.15, 0.2) is 0 Å². The van der Waals surface area contributed by atoms with Crippen molar-refractivity contribution in [1.82, 2.24) is 15.1 Å². The topological polar surface area (TPSA) is 29.9 Å². The number of aryl methyl sites for hydroxylation is 1. The quantitative estimate of drug-likeness (QED) is 0.933. The van der Waals surface area contributed by atoms with Gasteiger partial charge in [-0.1, -0.05) is 12.1 Å². The van der Waals surface area contributed by atoms with Crippen LogP contribution in [0.4, 0.5) is 13.2 Å². The van der Waals surface area contributed by atoms with E-state index in [1.54, 1.807) is 10.7 Å². The maximum Gasteiger partial charge on any atom is 0.416 e. The van der Waals surface area contributed by atoms with E-state index in [1.165, 1.54) is 12.1 Å². The Labute approximate surface area is 115 Å². The molecule has 0 fully saturated rings. The lowest BCUT2D eigenvalue weighted by Gasteiger charge is -2.15. The molecular formula is C14H16F3N3. The lowest BCUT2D eigenvalue weighted by atomic mass is 10.0. The lowest BCUT2D eigenvalue weighted by molar-refractivity contribution is -0.137. The van der Waals surface area contributed by atoms with Gasteiger partial charge in [0.25, 0.3) is 0 Å². The smallest absolute Gasteiger partial charge is 0.304 e. The summed E-state index contributed by atoms with van der Waals surface area (Å²) in [6.45, 7) is 2.34. The molecule has 0 saturated heterocycles. The molecule has 2 rings (SSSR count). The van der Waals surface area contributed by atoms with Crippen molar-refractivity contribution < 1.29 is 13.2 Å².